The predicted molar refractivity (Wildman–Crippen MR) is 105 cm³/mol. The van der Waals surface area contributed by atoms with Crippen molar-refractivity contribution >= 4 is 17.5 Å². The van der Waals surface area contributed by atoms with Gasteiger partial charge < -0.3 is 19.7 Å². The molecule has 1 N–H and O–H groups in total. The van der Waals surface area contributed by atoms with E-state index in [1.165, 1.54) is 12.1 Å². The van der Waals surface area contributed by atoms with Gasteiger partial charge in [-0.25, -0.2) is 4.39 Å². The van der Waals surface area contributed by atoms with Gasteiger partial charge in [-0.15, -0.1) is 0 Å². The highest BCUT2D eigenvalue weighted by molar-refractivity contribution is 5.98. The number of benzene rings is 2. The number of carbonyl (C=O) groups is 2. The average molecular weight is 398 g/mol. The maximum absolute atomic E-state index is 13.0. The summed E-state index contributed by atoms with van der Waals surface area (Å²) in [6.45, 7) is 1.19. The fourth-order valence-corrected chi connectivity index (χ4v) is 3.73. The van der Waals surface area contributed by atoms with Gasteiger partial charge in [0.1, 0.15) is 29.5 Å². The molecule has 4 rings (SSSR count). The van der Waals surface area contributed by atoms with Crippen molar-refractivity contribution in [3.63, 3.8) is 0 Å². The Labute approximate surface area is 168 Å². The highest BCUT2D eigenvalue weighted by Crippen LogP contribution is 2.26. The number of carbonyl (C=O) groups excluding carboxylic acids is 2. The van der Waals surface area contributed by atoms with E-state index in [-0.39, 0.29) is 17.6 Å². The van der Waals surface area contributed by atoms with Crippen LogP contribution >= 0.6 is 0 Å². The molecule has 2 aromatic carbocycles. The Bertz CT molecular complexity index is 863. The number of rotatable bonds is 5. The maximum atomic E-state index is 13.0. The molecule has 0 saturated carbocycles. The first kappa shape index (κ1) is 19.4. The zero-order valence-electron chi connectivity index (χ0n) is 16.0. The summed E-state index contributed by atoms with van der Waals surface area (Å²) in [6.07, 6.45) is 2.65. The molecule has 2 saturated heterocycles. The smallest absolute Gasteiger partial charge is 0.252 e. The number of amides is 2. The van der Waals surface area contributed by atoms with E-state index in [1.807, 2.05) is 0 Å². The molecule has 2 heterocycles. The first-order valence-electron chi connectivity index (χ1n) is 9.86. The lowest BCUT2D eigenvalue weighted by Crippen LogP contribution is -2.47. The van der Waals surface area contributed by atoms with E-state index in [0.29, 0.717) is 36.8 Å². The molecule has 152 valence electrons. The first-order valence-corrected chi connectivity index (χ1v) is 9.86. The molecule has 2 aliphatic heterocycles. The van der Waals surface area contributed by atoms with Crippen molar-refractivity contribution in [2.75, 3.05) is 18.5 Å². The van der Waals surface area contributed by atoms with Gasteiger partial charge in [0.05, 0.1) is 0 Å². The first-order chi connectivity index (χ1) is 14.1. The summed E-state index contributed by atoms with van der Waals surface area (Å²) in [5.41, 5.74) is 0.623. The SMILES string of the molecule is O=C(Nc1ccc(Oc2ccc(F)cc2)cc1)C1CCCN1C(=O)C1CCCO1. The molecule has 0 radical (unpaired) electrons. The molecule has 2 atom stereocenters. The van der Waals surface area contributed by atoms with Gasteiger partial charge in [-0.3, -0.25) is 9.59 Å². The minimum absolute atomic E-state index is 0.0804. The molecule has 6 nitrogen and oxygen atoms in total. The molecule has 2 amide bonds. The van der Waals surface area contributed by atoms with Crippen LogP contribution in [0.2, 0.25) is 0 Å². The van der Waals surface area contributed by atoms with Gasteiger partial charge in [0.25, 0.3) is 5.91 Å². The molecule has 29 heavy (non-hydrogen) atoms. The summed E-state index contributed by atoms with van der Waals surface area (Å²) < 4.78 is 24.1. The molecule has 2 aromatic rings. The fraction of sp³-hybridized carbons (Fsp3) is 0.364. The molecule has 2 aliphatic rings. The number of ether oxygens (including phenoxy) is 2. The molecule has 0 aliphatic carbocycles. The Morgan fingerprint density at radius 1 is 1.00 bits per heavy atom. The van der Waals surface area contributed by atoms with Crippen molar-refractivity contribution < 1.29 is 23.5 Å². The summed E-state index contributed by atoms with van der Waals surface area (Å²) in [4.78, 5) is 27.0. The molecule has 7 heteroatoms. The lowest BCUT2D eigenvalue weighted by molar-refractivity contribution is -0.144. The maximum Gasteiger partial charge on any atom is 0.252 e. The fourth-order valence-electron chi connectivity index (χ4n) is 3.73. The molecule has 0 spiro atoms. The molecule has 2 unspecified atom stereocenters. The van der Waals surface area contributed by atoms with Crippen molar-refractivity contribution in [1.29, 1.82) is 0 Å². The van der Waals surface area contributed by atoms with Gasteiger partial charge in [-0.1, -0.05) is 0 Å². The van der Waals surface area contributed by atoms with Gasteiger partial charge in [0.2, 0.25) is 5.91 Å². The van der Waals surface area contributed by atoms with E-state index in [2.05, 4.69) is 5.32 Å². The Morgan fingerprint density at radius 3 is 2.34 bits per heavy atom. The Morgan fingerprint density at radius 2 is 1.69 bits per heavy atom. The van der Waals surface area contributed by atoms with Gasteiger partial charge in [0, 0.05) is 18.8 Å². The van der Waals surface area contributed by atoms with Crippen LogP contribution in [0.1, 0.15) is 25.7 Å². The van der Waals surface area contributed by atoms with E-state index in [9.17, 15) is 14.0 Å². The Balaban J connectivity index is 1.36. The number of anilines is 1. The van der Waals surface area contributed by atoms with Crippen LogP contribution < -0.4 is 10.1 Å². The summed E-state index contributed by atoms with van der Waals surface area (Å²) in [7, 11) is 0. The van der Waals surface area contributed by atoms with Crippen LogP contribution in [0.25, 0.3) is 0 Å². The van der Waals surface area contributed by atoms with Gasteiger partial charge >= 0.3 is 0 Å². The van der Waals surface area contributed by atoms with Crippen molar-refractivity contribution in [2.45, 2.75) is 37.8 Å². The van der Waals surface area contributed by atoms with Crippen LogP contribution in [0.5, 0.6) is 11.5 Å². The van der Waals surface area contributed by atoms with Crippen LogP contribution in [0.15, 0.2) is 48.5 Å². The lowest BCUT2D eigenvalue weighted by atomic mass is 10.1. The number of hydrogen-bond acceptors (Lipinski definition) is 4. The summed E-state index contributed by atoms with van der Waals surface area (Å²) >= 11 is 0. The van der Waals surface area contributed by atoms with Crippen LogP contribution in [0.3, 0.4) is 0 Å². The second kappa shape index (κ2) is 8.61. The van der Waals surface area contributed by atoms with E-state index >= 15 is 0 Å². The summed E-state index contributed by atoms with van der Waals surface area (Å²) in [5.74, 6) is 0.502. The van der Waals surface area contributed by atoms with Gasteiger partial charge in [-0.05, 0) is 74.2 Å². The van der Waals surface area contributed by atoms with E-state index in [1.54, 1.807) is 41.3 Å². The second-order valence-corrected chi connectivity index (χ2v) is 7.26. The predicted octanol–water partition coefficient (Wildman–Crippen LogP) is 3.73. The number of likely N-dealkylation sites (tertiary alicyclic amines) is 1. The molecular weight excluding hydrogens is 375 g/mol. The minimum atomic E-state index is -0.471. The van der Waals surface area contributed by atoms with Gasteiger partial charge in [-0.2, -0.15) is 0 Å². The van der Waals surface area contributed by atoms with E-state index in [4.69, 9.17) is 9.47 Å². The third-order valence-corrected chi connectivity index (χ3v) is 5.21. The van der Waals surface area contributed by atoms with Crippen LogP contribution in [0.4, 0.5) is 10.1 Å². The normalized spacial score (nSPS) is 21.2. The van der Waals surface area contributed by atoms with Crippen LogP contribution in [-0.2, 0) is 14.3 Å². The quantitative estimate of drug-likeness (QED) is 0.834. The topological polar surface area (TPSA) is 67.9 Å². The van der Waals surface area contributed by atoms with E-state index in [0.717, 1.165) is 19.3 Å². The molecule has 2 fully saturated rings. The monoisotopic (exact) mass is 398 g/mol. The molecular formula is C22H23FN2O4. The van der Waals surface area contributed by atoms with Crippen molar-refractivity contribution in [3.05, 3.63) is 54.3 Å². The second-order valence-electron chi connectivity index (χ2n) is 7.26. The minimum Gasteiger partial charge on any atom is -0.457 e. The standard InChI is InChI=1S/C22H23FN2O4/c23-15-5-9-17(10-6-15)29-18-11-7-16(8-12-18)24-21(26)19-3-1-13-25(19)22(27)20-4-2-14-28-20/h5-12,19-20H,1-4,13-14H2,(H,24,26). The van der Waals surface area contributed by atoms with Gasteiger partial charge in [0.15, 0.2) is 0 Å². The van der Waals surface area contributed by atoms with Crippen LogP contribution in [-0.4, -0.2) is 42.0 Å². The number of nitrogens with one attached hydrogen (secondary N) is 1. The average Bonchev–Trinajstić information content (AvgIpc) is 3.43. The third-order valence-electron chi connectivity index (χ3n) is 5.21. The van der Waals surface area contributed by atoms with Crippen molar-refractivity contribution in [3.8, 4) is 11.5 Å². The van der Waals surface area contributed by atoms with E-state index < -0.39 is 12.1 Å². The number of hydrogen-bond donors (Lipinski definition) is 1. The molecule has 0 aromatic heterocycles. The highest BCUT2D eigenvalue weighted by Gasteiger charge is 2.38. The zero-order valence-corrected chi connectivity index (χ0v) is 16.0. The van der Waals surface area contributed by atoms with Crippen molar-refractivity contribution in [1.82, 2.24) is 4.90 Å². The van der Waals surface area contributed by atoms with Crippen molar-refractivity contribution in [2.24, 2.45) is 0 Å². The number of nitrogens with zero attached hydrogens (tertiary/aromatic N) is 1. The Hall–Kier alpha value is -2.93. The third kappa shape index (κ3) is 4.56. The molecule has 0 bridgehead atoms. The zero-order chi connectivity index (χ0) is 20.2. The van der Waals surface area contributed by atoms with Crippen LogP contribution in [0, 0.1) is 5.82 Å². The summed E-state index contributed by atoms with van der Waals surface area (Å²) in [6, 6.07) is 12.2. The summed E-state index contributed by atoms with van der Waals surface area (Å²) in [5, 5.41) is 2.88. The Kier molecular flexibility index (Phi) is 5.76. The number of halogens is 1. The largest absolute Gasteiger partial charge is 0.457 e. The highest BCUT2D eigenvalue weighted by atomic mass is 19.1. The lowest BCUT2D eigenvalue weighted by Gasteiger charge is -2.26.